The van der Waals surface area contributed by atoms with E-state index in [1.165, 1.54) is 5.56 Å². The van der Waals surface area contributed by atoms with E-state index < -0.39 is 11.2 Å². The summed E-state index contributed by atoms with van der Waals surface area (Å²) in [6.45, 7) is 1.63. The average Bonchev–Trinajstić information content (AvgIpc) is 2.93. The maximum absolute atomic E-state index is 11.9. The second kappa shape index (κ2) is 4.88. The number of carbonyl (C=O) groups excluding carboxylic acids is 1. The Labute approximate surface area is 147 Å². The highest BCUT2D eigenvalue weighted by Crippen LogP contribution is 2.67. The lowest BCUT2D eigenvalue weighted by molar-refractivity contribution is -0.118. The molecule has 0 amide bonds. The minimum absolute atomic E-state index is 0.0827. The van der Waals surface area contributed by atoms with Gasteiger partial charge in [-0.05, 0) is 62.1 Å². The quantitative estimate of drug-likeness (QED) is 0.858. The molecule has 4 bridgehead atoms. The van der Waals surface area contributed by atoms with Crippen LogP contribution in [0.4, 0.5) is 0 Å². The van der Waals surface area contributed by atoms with Gasteiger partial charge in [0.1, 0.15) is 11.4 Å². The van der Waals surface area contributed by atoms with Crippen molar-refractivity contribution in [1.82, 2.24) is 0 Å². The molecule has 4 heteroatoms. The molecule has 2 unspecified atom stereocenters. The maximum Gasteiger partial charge on any atom is 0.166 e. The van der Waals surface area contributed by atoms with Crippen molar-refractivity contribution < 1.29 is 19.4 Å². The molecular weight excluding hydrogens is 316 g/mol. The van der Waals surface area contributed by atoms with Crippen LogP contribution in [-0.4, -0.2) is 29.2 Å². The molecule has 4 nitrogen and oxygen atoms in total. The number of methoxy groups -OCH3 is 1. The zero-order valence-corrected chi connectivity index (χ0v) is 14.8. The van der Waals surface area contributed by atoms with Crippen LogP contribution in [0.3, 0.4) is 0 Å². The van der Waals surface area contributed by atoms with E-state index in [2.05, 4.69) is 12.1 Å². The van der Waals surface area contributed by atoms with E-state index >= 15 is 0 Å². The lowest BCUT2D eigenvalue weighted by atomic mass is 9.56. The molecule has 1 heterocycles. The average molecular weight is 340 g/mol. The Balaban J connectivity index is 1.79. The van der Waals surface area contributed by atoms with E-state index in [0.717, 1.165) is 48.3 Å². The van der Waals surface area contributed by atoms with Gasteiger partial charge in [0.25, 0.3) is 0 Å². The lowest BCUT2D eigenvalue weighted by Crippen LogP contribution is -2.57. The Kier molecular flexibility index (Phi) is 3.01. The molecule has 1 N–H and O–H groups in total. The fourth-order valence-corrected chi connectivity index (χ4v) is 5.99. The van der Waals surface area contributed by atoms with Gasteiger partial charge in [-0.2, -0.15) is 0 Å². The Hall–Kier alpha value is -1.81. The number of carbonyl (C=O) groups is 1. The van der Waals surface area contributed by atoms with Crippen LogP contribution >= 0.6 is 0 Å². The molecule has 1 aromatic rings. The normalized spacial score (nSPS) is 37.0. The summed E-state index contributed by atoms with van der Waals surface area (Å²) in [6.07, 6.45) is 6.90. The molecule has 132 valence electrons. The largest absolute Gasteiger partial charge is 0.493 e. The lowest BCUT2D eigenvalue weighted by Gasteiger charge is -2.51. The van der Waals surface area contributed by atoms with Gasteiger partial charge in [0.05, 0.1) is 18.6 Å². The van der Waals surface area contributed by atoms with Crippen LogP contribution in [0.5, 0.6) is 11.5 Å². The number of benzene rings is 1. The van der Waals surface area contributed by atoms with Crippen LogP contribution in [0.2, 0.25) is 0 Å². The number of ketones is 1. The van der Waals surface area contributed by atoms with Crippen LogP contribution in [0.25, 0.3) is 0 Å². The van der Waals surface area contributed by atoms with Crippen molar-refractivity contribution in [1.29, 1.82) is 0 Å². The van der Waals surface area contributed by atoms with E-state index in [1.807, 2.05) is 6.07 Å². The standard InChI is InChI=1S/C21H24O4/c1-12(22)10-15-7-9-20(23)14-4-3-8-21(15)19(20)17-13(11-14)5-6-16(24-2)18(17)25-21/h5-7,14,19,23H,3-4,8-11H2,1-2H3/t14-,19?,20-,21?/m1/s1. The Morgan fingerprint density at radius 2 is 2.28 bits per heavy atom. The highest BCUT2D eigenvalue weighted by atomic mass is 16.5. The number of aliphatic hydroxyl groups is 1. The SMILES string of the molecule is COc1ccc2c3c1OC14CCC[C@H](C2)[C@](O)(CC=C1CC(C)=O)C34. The van der Waals surface area contributed by atoms with Crippen LogP contribution in [0.15, 0.2) is 23.8 Å². The van der Waals surface area contributed by atoms with Crippen molar-refractivity contribution >= 4 is 5.78 Å². The van der Waals surface area contributed by atoms with Gasteiger partial charge in [0.15, 0.2) is 11.5 Å². The van der Waals surface area contributed by atoms with E-state index in [-0.39, 0.29) is 17.6 Å². The summed E-state index contributed by atoms with van der Waals surface area (Å²) < 4.78 is 12.2. The van der Waals surface area contributed by atoms with Crippen molar-refractivity contribution in [3.8, 4) is 11.5 Å². The van der Waals surface area contributed by atoms with E-state index in [4.69, 9.17) is 9.47 Å². The smallest absolute Gasteiger partial charge is 0.166 e. The third kappa shape index (κ3) is 1.78. The molecule has 1 saturated carbocycles. The Morgan fingerprint density at radius 1 is 1.44 bits per heavy atom. The molecule has 4 atom stereocenters. The van der Waals surface area contributed by atoms with E-state index in [1.54, 1.807) is 14.0 Å². The molecule has 1 fully saturated rings. The van der Waals surface area contributed by atoms with Crippen molar-refractivity contribution in [2.75, 3.05) is 7.11 Å². The topological polar surface area (TPSA) is 55.8 Å². The minimum atomic E-state index is -0.776. The zero-order chi connectivity index (χ0) is 17.4. The van der Waals surface area contributed by atoms with Gasteiger partial charge in [-0.25, -0.2) is 0 Å². The van der Waals surface area contributed by atoms with E-state index in [0.29, 0.717) is 12.8 Å². The number of Topliss-reactive ketones (excluding diaryl/α,β-unsaturated/α-hetero) is 1. The van der Waals surface area contributed by atoms with E-state index in [9.17, 15) is 9.90 Å². The molecule has 5 rings (SSSR count). The van der Waals surface area contributed by atoms with Gasteiger partial charge in [0.2, 0.25) is 0 Å². The minimum Gasteiger partial charge on any atom is -0.493 e. The van der Waals surface area contributed by atoms with Gasteiger partial charge in [-0.1, -0.05) is 12.1 Å². The van der Waals surface area contributed by atoms with Crippen LogP contribution in [0.1, 0.15) is 56.1 Å². The molecule has 0 spiro atoms. The van der Waals surface area contributed by atoms with Crippen molar-refractivity contribution in [2.24, 2.45) is 5.92 Å². The summed E-state index contributed by atoms with van der Waals surface area (Å²) in [5.74, 6) is 1.84. The van der Waals surface area contributed by atoms with Crippen LogP contribution in [0, 0.1) is 5.92 Å². The summed E-state index contributed by atoms with van der Waals surface area (Å²) in [6, 6.07) is 4.12. The predicted molar refractivity (Wildman–Crippen MR) is 93.1 cm³/mol. The molecule has 0 aromatic heterocycles. The van der Waals surface area contributed by atoms with Gasteiger partial charge in [-0.15, -0.1) is 0 Å². The van der Waals surface area contributed by atoms with Crippen LogP contribution in [-0.2, 0) is 11.2 Å². The molecule has 0 saturated heterocycles. The summed E-state index contributed by atoms with van der Waals surface area (Å²) in [5, 5.41) is 11.8. The summed E-state index contributed by atoms with van der Waals surface area (Å²) in [4.78, 5) is 11.9. The predicted octanol–water partition coefficient (Wildman–Crippen LogP) is 3.31. The third-order valence-corrected chi connectivity index (χ3v) is 6.94. The fourth-order valence-electron chi connectivity index (χ4n) is 5.99. The first-order valence-corrected chi connectivity index (χ1v) is 9.29. The molecule has 1 aromatic carbocycles. The van der Waals surface area contributed by atoms with Gasteiger partial charge in [-0.3, -0.25) is 4.79 Å². The number of hydrogen-bond acceptors (Lipinski definition) is 4. The molecule has 0 radical (unpaired) electrons. The molecule has 3 aliphatic carbocycles. The first-order chi connectivity index (χ1) is 12.0. The Morgan fingerprint density at radius 3 is 3.04 bits per heavy atom. The molecule has 1 aliphatic heterocycles. The van der Waals surface area contributed by atoms with Gasteiger partial charge in [0, 0.05) is 12.0 Å². The summed E-state index contributed by atoms with van der Waals surface area (Å²) in [5.41, 5.74) is 2.11. The zero-order valence-electron chi connectivity index (χ0n) is 14.8. The highest BCUT2D eigenvalue weighted by molar-refractivity contribution is 5.79. The summed E-state index contributed by atoms with van der Waals surface area (Å²) >= 11 is 0. The molecular formula is C21H24O4. The highest BCUT2D eigenvalue weighted by Gasteiger charge is 2.66. The fraction of sp³-hybridized carbons (Fsp3) is 0.571. The van der Waals surface area contributed by atoms with Crippen molar-refractivity contribution in [2.45, 2.75) is 62.6 Å². The maximum atomic E-state index is 11.9. The van der Waals surface area contributed by atoms with Crippen molar-refractivity contribution in [3.05, 3.63) is 34.9 Å². The number of rotatable bonds is 3. The second-order valence-corrected chi connectivity index (χ2v) is 8.19. The molecule has 4 aliphatic rings. The number of ether oxygens (including phenoxy) is 2. The molecule has 25 heavy (non-hydrogen) atoms. The monoisotopic (exact) mass is 340 g/mol. The Bertz CT molecular complexity index is 810. The first kappa shape index (κ1) is 15.4. The van der Waals surface area contributed by atoms with Gasteiger partial charge < -0.3 is 14.6 Å². The third-order valence-electron chi connectivity index (χ3n) is 6.94. The summed E-state index contributed by atoms with van der Waals surface area (Å²) in [7, 11) is 1.66. The van der Waals surface area contributed by atoms with Gasteiger partial charge >= 0.3 is 0 Å². The number of hydrogen-bond donors (Lipinski definition) is 1. The van der Waals surface area contributed by atoms with Crippen LogP contribution < -0.4 is 9.47 Å². The second-order valence-electron chi connectivity index (χ2n) is 8.19. The van der Waals surface area contributed by atoms with Crippen molar-refractivity contribution in [3.63, 3.8) is 0 Å². The first-order valence-electron chi connectivity index (χ1n) is 9.29.